The quantitative estimate of drug-likeness (QED) is 0.845. The van der Waals surface area contributed by atoms with Crippen molar-refractivity contribution in [3.05, 3.63) is 16.5 Å². The SMILES string of the molecule is CCc1nc(Br)cc(N(CCO)C2CCCCC2)n1. The predicted octanol–water partition coefficient (Wildman–Crippen LogP) is 2.93. The van der Waals surface area contributed by atoms with Gasteiger partial charge in [0.2, 0.25) is 0 Å². The minimum atomic E-state index is 0.166. The van der Waals surface area contributed by atoms with E-state index in [1.165, 1.54) is 32.1 Å². The van der Waals surface area contributed by atoms with Crippen LogP contribution in [0.2, 0.25) is 0 Å². The standard InChI is InChI=1S/C14H22BrN3O/c1-2-13-16-12(15)10-14(17-13)18(8-9-19)11-6-4-3-5-7-11/h10-11,19H,2-9H2,1H3. The number of aliphatic hydroxyl groups excluding tert-OH is 1. The van der Waals surface area contributed by atoms with Gasteiger partial charge in [-0.1, -0.05) is 26.2 Å². The van der Waals surface area contributed by atoms with Crippen molar-refractivity contribution >= 4 is 21.7 Å². The highest BCUT2D eigenvalue weighted by molar-refractivity contribution is 9.10. The van der Waals surface area contributed by atoms with Crippen molar-refractivity contribution in [2.75, 3.05) is 18.1 Å². The molecule has 0 bridgehead atoms. The second kappa shape index (κ2) is 7.20. The molecule has 1 fully saturated rings. The largest absolute Gasteiger partial charge is 0.395 e. The van der Waals surface area contributed by atoms with Gasteiger partial charge in [-0.15, -0.1) is 0 Å². The molecule has 1 aliphatic rings. The maximum Gasteiger partial charge on any atom is 0.133 e. The van der Waals surface area contributed by atoms with Crippen molar-refractivity contribution in [2.45, 2.75) is 51.5 Å². The summed E-state index contributed by atoms with van der Waals surface area (Å²) in [7, 11) is 0. The van der Waals surface area contributed by atoms with Crippen LogP contribution < -0.4 is 4.90 Å². The normalized spacial score (nSPS) is 16.6. The fourth-order valence-corrected chi connectivity index (χ4v) is 3.15. The number of hydrogen-bond acceptors (Lipinski definition) is 4. The van der Waals surface area contributed by atoms with Gasteiger partial charge in [-0.2, -0.15) is 0 Å². The van der Waals surface area contributed by atoms with Crippen molar-refractivity contribution < 1.29 is 5.11 Å². The van der Waals surface area contributed by atoms with Gasteiger partial charge < -0.3 is 10.0 Å². The number of aromatic nitrogens is 2. The summed E-state index contributed by atoms with van der Waals surface area (Å²) in [6.45, 7) is 2.87. The van der Waals surface area contributed by atoms with E-state index >= 15 is 0 Å². The van der Waals surface area contributed by atoms with E-state index in [0.717, 1.165) is 22.7 Å². The molecule has 1 saturated carbocycles. The van der Waals surface area contributed by atoms with E-state index in [1.807, 2.05) is 6.07 Å². The second-order valence-corrected chi connectivity index (χ2v) is 5.84. The molecule has 1 aromatic heterocycles. The van der Waals surface area contributed by atoms with Crippen molar-refractivity contribution in [3.8, 4) is 0 Å². The Morgan fingerprint density at radius 2 is 2.05 bits per heavy atom. The van der Waals surface area contributed by atoms with Crippen LogP contribution in [0.1, 0.15) is 44.9 Å². The number of aliphatic hydroxyl groups is 1. The van der Waals surface area contributed by atoms with E-state index in [0.29, 0.717) is 12.6 Å². The monoisotopic (exact) mass is 327 g/mol. The number of nitrogens with zero attached hydrogens (tertiary/aromatic N) is 3. The van der Waals surface area contributed by atoms with E-state index in [1.54, 1.807) is 0 Å². The highest BCUT2D eigenvalue weighted by Crippen LogP contribution is 2.27. The van der Waals surface area contributed by atoms with E-state index < -0.39 is 0 Å². The van der Waals surface area contributed by atoms with Gasteiger partial charge in [0.1, 0.15) is 16.2 Å². The third-order valence-electron chi connectivity index (χ3n) is 3.69. The zero-order valence-corrected chi connectivity index (χ0v) is 13.1. The Hall–Kier alpha value is -0.680. The topological polar surface area (TPSA) is 49.2 Å². The lowest BCUT2D eigenvalue weighted by atomic mass is 9.94. The molecule has 0 spiro atoms. The molecule has 4 nitrogen and oxygen atoms in total. The number of rotatable bonds is 5. The van der Waals surface area contributed by atoms with Crippen LogP contribution in [0.5, 0.6) is 0 Å². The molecule has 0 aromatic carbocycles. The fourth-order valence-electron chi connectivity index (χ4n) is 2.74. The van der Waals surface area contributed by atoms with Crippen LogP contribution in [0, 0.1) is 0 Å². The molecule has 2 rings (SSSR count). The van der Waals surface area contributed by atoms with Crippen LogP contribution in [-0.4, -0.2) is 34.3 Å². The molecule has 0 saturated heterocycles. The molecule has 0 amide bonds. The third-order valence-corrected chi connectivity index (χ3v) is 4.10. The molecule has 1 N–H and O–H groups in total. The zero-order valence-electron chi connectivity index (χ0n) is 11.5. The van der Waals surface area contributed by atoms with Gasteiger partial charge in [0.25, 0.3) is 0 Å². The molecule has 106 valence electrons. The Bertz CT molecular complexity index is 408. The van der Waals surface area contributed by atoms with Gasteiger partial charge in [-0.25, -0.2) is 9.97 Å². The smallest absolute Gasteiger partial charge is 0.133 e. The van der Waals surface area contributed by atoms with Crippen LogP contribution in [0.15, 0.2) is 10.7 Å². The summed E-state index contributed by atoms with van der Waals surface area (Å²) in [5, 5.41) is 9.33. The first-order valence-electron chi connectivity index (χ1n) is 7.15. The summed E-state index contributed by atoms with van der Waals surface area (Å²) in [6, 6.07) is 2.47. The van der Waals surface area contributed by atoms with Crippen LogP contribution >= 0.6 is 15.9 Å². The number of anilines is 1. The first-order valence-corrected chi connectivity index (χ1v) is 7.95. The lowest BCUT2D eigenvalue weighted by Crippen LogP contribution is -2.39. The van der Waals surface area contributed by atoms with E-state index in [-0.39, 0.29) is 6.61 Å². The molecular formula is C14H22BrN3O. The van der Waals surface area contributed by atoms with Crippen LogP contribution in [-0.2, 0) is 6.42 Å². The molecule has 0 aliphatic heterocycles. The van der Waals surface area contributed by atoms with E-state index in [9.17, 15) is 5.11 Å². The maximum absolute atomic E-state index is 9.33. The Morgan fingerprint density at radius 3 is 2.68 bits per heavy atom. The average Bonchev–Trinajstić information content (AvgIpc) is 2.45. The van der Waals surface area contributed by atoms with Gasteiger partial charge >= 0.3 is 0 Å². The molecule has 1 aromatic rings. The Kier molecular flexibility index (Phi) is 5.58. The van der Waals surface area contributed by atoms with Crippen molar-refractivity contribution in [1.82, 2.24) is 9.97 Å². The molecule has 0 atom stereocenters. The zero-order chi connectivity index (χ0) is 13.7. The summed E-state index contributed by atoms with van der Waals surface area (Å²) in [6.07, 6.45) is 7.10. The Morgan fingerprint density at radius 1 is 1.32 bits per heavy atom. The maximum atomic E-state index is 9.33. The highest BCUT2D eigenvalue weighted by atomic mass is 79.9. The molecule has 5 heteroatoms. The van der Waals surface area contributed by atoms with Crippen molar-refractivity contribution in [2.24, 2.45) is 0 Å². The average molecular weight is 328 g/mol. The third kappa shape index (κ3) is 3.89. The second-order valence-electron chi connectivity index (χ2n) is 5.03. The van der Waals surface area contributed by atoms with Gasteiger partial charge in [0, 0.05) is 25.1 Å². The summed E-state index contributed by atoms with van der Waals surface area (Å²) >= 11 is 3.46. The minimum Gasteiger partial charge on any atom is -0.395 e. The van der Waals surface area contributed by atoms with E-state index in [4.69, 9.17) is 0 Å². The molecule has 19 heavy (non-hydrogen) atoms. The number of aryl methyl sites for hydroxylation is 1. The predicted molar refractivity (Wildman–Crippen MR) is 80.4 cm³/mol. The van der Waals surface area contributed by atoms with E-state index in [2.05, 4.69) is 37.7 Å². The number of hydrogen-bond donors (Lipinski definition) is 1. The van der Waals surface area contributed by atoms with Crippen LogP contribution in [0.4, 0.5) is 5.82 Å². The van der Waals surface area contributed by atoms with Crippen molar-refractivity contribution in [1.29, 1.82) is 0 Å². The lowest BCUT2D eigenvalue weighted by Gasteiger charge is -2.35. The first-order chi connectivity index (χ1) is 9.24. The summed E-state index contributed by atoms with van der Waals surface area (Å²) in [4.78, 5) is 11.2. The van der Waals surface area contributed by atoms with Crippen LogP contribution in [0.3, 0.4) is 0 Å². The van der Waals surface area contributed by atoms with Gasteiger partial charge in [-0.05, 0) is 28.8 Å². The number of halogens is 1. The Labute approximate surface area is 123 Å². The fraction of sp³-hybridized carbons (Fsp3) is 0.714. The van der Waals surface area contributed by atoms with Crippen LogP contribution in [0.25, 0.3) is 0 Å². The van der Waals surface area contributed by atoms with Gasteiger partial charge in [0.05, 0.1) is 6.61 Å². The van der Waals surface area contributed by atoms with Crippen molar-refractivity contribution in [3.63, 3.8) is 0 Å². The van der Waals surface area contributed by atoms with Gasteiger partial charge in [-0.3, -0.25) is 0 Å². The summed E-state index contributed by atoms with van der Waals surface area (Å²) in [5.41, 5.74) is 0. The summed E-state index contributed by atoms with van der Waals surface area (Å²) < 4.78 is 0.827. The summed E-state index contributed by atoms with van der Waals surface area (Å²) in [5.74, 6) is 1.79. The molecule has 1 heterocycles. The molecular weight excluding hydrogens is 306 g/mol. The highest BCUT2D eigenvalue weighted by Gasteiger charge is 2.22. The molecule has 1 aliphatic carbocycles. The Balaban J connectivity index is 2.24. The lowest BCUT2D eigenvalue weighted by molar-refractivity contribution is 0.289. The first kappa shape index (κ1) is 14.7. The molecule has 0 radical (unpaired) electrons. The van der Waals surface area contributed by atoms with Gasteiger partial charge in [0.15, 0.2) is 0 Å². The molecule has 0 unspecified atom stereocenters. The minimum absolute atomic E-state index is 0.166.